The number of methoxy groups -OCH3 is 1. The van der Waals surface area contributed by atoms with Crippen LogP contribution in [0.15, 0.2) is 52.0 Å². The van der Waals surface area contributed by atoms with Gasteiger partial charge < -0.3 is 4.74 Å². The van der Waals surface area contributed by atoms with E-state index in [4.69, 9.17) is 4.74 Å². The van der Waals surface area contributed by atoms with Crippen molar-refractivity contribution in [2.24, 2.45) is 0 Å². The number of ether oxygens (including phenoxy) is 1. The molecule has 0 saturated carbocycles. The van der Waals surface area contributed by atoms with Crippen LogP contribution in [0.1, 0.15) is 0 Å². The third-order valence-electron chi connectivity index (χ3n) is 2.32. The fourth-order valence-electron chi connectivity index (χ4n) is 1.42. The zero-order valence-electron chi connectivity index (χ0n) is 10.00. The molecule has 1 aromatic carbocycles. The predicted molar refractivity (Wildman–Crippen MR) is 75.7 cm³/mol. The van der Waals surface area contributed by atoms with Gasteiger partial charge in [-0.1, -0.05) is 6.07 Å². The molecule has 7 heteroatoms. The molecule has 0 fully saturated rings. The minimum Gasteiger partial charge on any atom is -0.497 e. The van der Waals surface area contributed by atoms with E-state index >= 15 is 0 Å². The smallest absolute Gasteiger partial charge is 0.263 e. The Morgan fingerprint density at radius 3 is 2.42 bits per heavy atom. The second kappa shape index (κ2) is 5.58. The molecule has 0 unspecified atom stereocenters. The summed E-state index contributed by atoms with van der Waals surface area (Å²) in [5.74, 6) is 0.852. The van der Waals surface area contributed by atoms with Gasteiger partial charge in [0.2, 0.25) is 0 Å². The average Bonchev–Trinajstić information content (AvgIpc) is 2.38. The highest BCUT2D eigenvalue weighted by Crippen LogP contribution is 2.19. The van der Waals surface area contributed by atoms with Crippen LogP contribution in [-0.2, 0) is 10.0 Å². The highest BCUT2D eigenvalue weighted by atomic mass is 79.9. The van der Waals surface area contributed by atoms with Gasteiger partial charge in [-0.25, -0.2) is 13.4 Å². The number of hydrogen-bond donors (Lipinski definition) is 1. The number of aromatic nitrogens is 1. The summed E-state index contributed by atoms with van der Waals surface area (Å²) in [7, 11) is -2.12. The number of anilines is 1. The summed E-state index contributed by atoms with van der Waals surface area (Å²) in [5.41, 5.74) is 0. The van der Waals surface area contributed by atoms with Gasteiger partial charge in [-0.05, 0) is 52.3 Å². The molecule has 19 heavy (non-hydrogen) atoms. The summed E-state index contributed by atoms with van der Waals surface area (Å²) in [6, 6.07) is 11.1. The maximum atomic E-state index is 12.1. The normalized spacial score (nSPS) is 11.1. The molecule has 0 spiro atoms. The van der Waals surface area contributed by atoms with E-state index in [1.54, 1.807) is 30.3 Å². The standard InChI is InChI=1S/C12H11BrN2O3S/c1-18-9-5-7-10(8-6-9)19(16,17)15-12-4-2-3-11(13)14-12/h2-8H,1H3,(H,14,15). The number of sulfonamides is 1. The van der Waals surface area contributed by atoms with Crippen molar-refractivity contribution < 1.29 is 13.2 Å². The van der Waals surface area contributed by atoms with Crippen molar-refractivity contribution in [2.75, 3.05) is 11.8 Å². The highest BCUT2D eigenvalue weighted by molar-refractivity contribution is 9.10. The topological polar surface area (TPSA) is 68.3 Å². The first kappa shape index (κ1) is 13.8. The Morgan fingerprint density at radius 1 is 1.16 bits per heavy atom. The zero-order chi connectivity index (χ0) is 13.9. The quantitative estimate of drug-likeness (QED) is 0.867. The van der Waals surface area contributed by atoms with Crippen LogP contribution >= 0.6 is 15.9 Å². The second-order valence-electron chi connectivity index (χ2n) is 3.63. The lowest BCUT2D eigenvalue weighted by molar-refractivity contribution is 0.414. The van der Waals surface area contributed by atoms with Crippen molar-refractivity contribution in [3.05, 3.63) is 47.1 Å². The van der Waals surface area contributed by atoms with E-state index < -0.39 is 10.0 Å². The summed E-state index contributed by atoms with van der Waals surface area (Å²) in [6.07, 6.45) is 0. The third-order valence-corrected chi connectivity index (χ3v) is 4.14. The van der Waals surface area contributed by atoms with Gasteiger partial charge in [0, 0.05) is 0 Å². The van der Waals surface area contributed by atoms with Gasteiger partial charge >= 0.3 is 0 Å². The lowest BCUT2D eigenvalue weighted by Gasteiger charge is -2.08. The van der Waals surface area contributed by atoms with E-state index in [-0.39, 0.29) is 10.7 Å². The lowest BCUT2D eigenvalue weighted by atomic mass is 10.3. The van der Waals surface area contributed by atoms with Crippen molar-refractivity contribution in [3.63, 3.8) is 0 Å². The number of rotatable bonds is 4. The van der Waals surface area contributed by atoms with Crippen LogP contribution in [0.3, 0.4) is 0 Å². The van der Waals surface area contributed by atoms with Gasteiger partial charge in [0.05, 0.1) is 12.0 Å². The molecule has 2 aromatic rings. The molecule has 0 radical (unpaired) electrons. The van der Waals surface area contributed by atoms with Crippen LogP contribution in [0.5, 0.6) is 5.75 Å². The van der Waals surface area contributed by atoms with Crippen LogP contribution in [-0.4, -0.2) is 20.5 Å². The van der Waals surface area contributed by atoms with E-state index in [9.17, 15) is 8.42 Å². The second-order valence-corrected chi connectivity index (χ2v) is 6.12. The largest absolute Gasteiger partial charge is 0.497 e. The molecule has 0 saturated heterocycles. The maximum absolute atomic E-state index is 12.1. The summed E-state index contributed by atoms with van der Waals surface area (Å²) in [6.45, 7) is 0. The molecular formula is C12H11BrN2O3S. The summed E-state index contributed by atoms with van der Waals surface area (Å²) >= 11 is 3.18. The van der Waals surface area contributed by atoms with E-state index in [0.29, 0.717) is 10.4 Å². The monoisotopic (exact) mass is 342 g/mol. The van der Waals surface area contributed by atoms with E-state index in [0.717, 1.165) is 0 Å². The van der Waals surface area contributed by atoms with Crippen molar-refractivity contribution in [3.8, 4) is 5.75 Å². The number of benzene rings is 1. The highest BCUT2D eigenvalue weighted by Gasteiger charge is 2.14. The van der Waals surface area contributed by atoms with Crippen molar-refractivity contribution in [1.29, 1.82) is 0 Å². The Hall–Kier alpha value is -1.60. The Balaban J connectivity index is 2.27. The molecule has 0 amide bonds. The van der Waals surface area contributed by atoms with Crippen molar-refractivity contribution in [1.82, 2.24) is 4.98 Å². The van der Waals surface area contributed by atoms with Crippen LogP contribution in [0, 0.1) is 0 Å². The van der Waals surface area contributed by atoms with Crippen LogP contribution in [0.25, 0.3) is 0 Å². The molecule has 0 aliphatic carbocycles. The number of nitrogens with zero attached hydrogens (tertiary/aromatic N) is 1. The predicted octanol–water partition coefficient (Wildman–Crippen LogP) is 2.65. The van der Waals surface area contributed by atoms with Gasteiger partial charge in [-0.15, -0.1) is 0 Å². The average molecular weight is 343 g/mol. The molecule has 0 aliphatic rings. The minimum atomic E-state index is -3.64. The van der Waals surface area contributed by atoms with Crippen LogP contribution < -0.4 is 9.46 Å². The van der Waals surface area contributed by atoms with Gasteiger partial charge in [0.15, 0.2) is 0 Å². The molecule has 0 atom stereocenters. The number of hydrogen-bond acceptors (Lipinski definition) is 4. The first-order chi connectivity index (χ1) is 9.01. The first-order valence-corrected chi connectivity index (χ1v) is 7.58. The molecule has 0 bridgehead atoms. The number of nitrogens with one attached hydrogen (secondary N) is 1. The molecule has 5 nitrogen and oxygen atoms in total. The Labute approximate surface area is 119 Å². The fraction of sp³-hybridized carbons (Fsp3) is 0.0833. The third kappa shape index (κ3) is 3.45. The Bertz CT molecular complexity index is 672. The molecule has 100 valence electrons. The SMILES string of the molecule is COc1ccc(S(=O)(=O)Nc2cccc(Br)n2)cc1. The van der Waals surface area contributed by atoms with Crippen LogP contribution in [0.2, 0.25) is 0 Å². The van der Waals surface area contributed by atoms with Gasteiger partial charge in [-0.3, -0.25) is 4.72 Å². The maximum Gasteiger partial charge on any atom is 0.263 e. The zero-order valence-corrected chi connectivity index (χ0v) is 12.4. The molecule has 1 heterocycles. The Kier molecular flexibility index (Phi) is 4.06. The number of pyridine rings is 1. The summed E-state index contributed by atoms with van der Waals surface area (Å²) in [4.78, 5) is 4.17. The molecular weight excluding hydrogens is 332 g/mol. The van der Waals surface area contributed by atoms with Gasteiger partial charge in [0.1, 0.15) is 16.2 Å². The molecule has 1 N–H and O–H groups in total. The van der Waals surface area contributed by atoms with Crippen molar-refractivity contribution >= 4 is 31.8 Å². The molecule has 0 aliphatic heterocycles. The Morgan fingerprint density at radius 2 is 1.84 bits per heavy atom. The first-order valence-electron chi connectivity index (χ1n) is 5.31. The van der Waals surface area contributed by atoms with Crippen LogP contribution in [0.4, 0.5) is 5.82 Å². The van der Waals surface area contributed by atoms with E-state index in [1.807, 2.05) is 0 Å². The van der Waals surface area contributed by atoms with E-state index in [1.165, 1.54) is 19.2 Å². The fourth-order valence-corrected chi connectivity index (χ4v) is 2.76. The number of halogens is 1. The lowest BCUT2D eigenvalue weighted by Crippen LogP contribution is -2.13. The minimum absolute atomic E-state index is 0.148. The van der Waals surface area contributed by atoms with Crippen molar-refractivity contribution in [2.45, 2.75) is 4.90 Å². The molecule has 2 rings (SSSR count). The summed E-state index contributed by atoms with van der Waals surface area (Å²) in [5, 5.41) is 0. The van der Waals surface area contributed by atoms with Gasteiger partial charge in [0.25, 0.3) is 10.0 Å². The molecule has 1 aromatic heterocycles. The van der Waals surface area contributed by atoms with E-state index in [2.05, 4.69) is 25.6 Å². The summed E-state index contributed by atoms with van der Waals surface area (Å²) < 4.78 is 32.2. The van der Waals surface area contributed by atoms with Gasteiger partial charge in [-0.2, -0.15) is 0 Å².